The van der Waals surface area contributed by atoms with E-state index >= 15 is 0 Å². The summed E-state index contributed by atoms with van der Waals surface area (Å²) in [7, 11) is 0. The second-order valence-electron chi connectivity index (χ2n) is 4.22. The highest BCUT2D eigenvalue weighted by molar-refractivity contribution is 5.85. The van der Waals surface area contributed by atoms with Crippen molar-refractivity contribution in [1.82, 2.24) is 25.8 Å². The second kappa shape index (κ2) is 5.07. The summed E-state index contributed by atoms with van der Waals surface area (Å²) in [6.07, 6.45) is 1.42. The maximum Gasteiger partial charge on any atom is 0.240 e. The molecule has 6 nitrogen and oxygen atoms in total. The summed E-state index contributed by atoms with van der Waals surface area (Å²) in [4.78, 5) is 15.9. The summed E-state index contributed by atoms with van der Waals surface area (Å²) in [5, 5.41) is 12.5. The van der Waals surface area contributed by atoms with Crippen LogP contribution in [-0.2, 0) is 4.79 Å². The first-order valence-electron chi connectivity index (χ1n) is 5.38. The molecule has 0 aliphatic heterocycles. The van der Waals surface area contributed by atoms with Crippen molar-refractivity contribution in [2.45, 2.75) is 39.3 Å². The van der Waals surface area contributed by atoms with Crippen LogP contribution in [0.25, 0.3) is 0 Å². The normalized spacial score (nSPS) is 13.5. The maximum atomic E-state index is 11.9. The van der Waals surface area contributed by atoms with Crippen molar-refractivity contribution < 1.29 is 4.79 Å². The van der Waals surface area contributed by atoms with Crippen molar-refractivity contribution in [3.8, 4) is 0 Å². The minimum Gasteiger partial charge on any atom is -0.345 e. The first kappa shape index (κ1) is 12.6. The molecule has 3 N–H and O–H groups in total. The van der Waals surface area contributed by atoms with Gasteiger partial charge in [0.05, 0.1) is 11.6 Å². The summed E-state index contributed by atoms with van der Waals surface area (Å²) < 4.78 is 0. The number of aromatic nitrogens is 3. The molecule has 0 bridgehead atoms. The van der Waals surface area contributed by atoms with Crippen LogP contribution in [0.4, 0.5) is 0 Å². The monoisotopic (exact) mass is 225 g/mol. The van der Waals surface area contributed by atoms with E-state index in [0.29, 0.717) is 5.82 Å². The fourth-order valence-corrected chi connectivity index (χ4v) is 1.39. The van der Waals surface area contributed by atoms with Gasteiger partial charge in [-0.2, -0.15) is 5.10 Å². The van der Waals surface area contributed by atoms with E-state index in [4.69, 9.17) is 0 Å². The smallest absolute Gasteiger partial charge is 0.240 e. The van der Waals surface area contributed by atoms with Gasteiger partial charge in [-0.1, -0.05) is 6.92 Å². The van der Waals surface area contributed by atoms with Gasteiger partial charge < -0.3 is 10.6 Å². The maximum absolute atomic E-state index is 11.9. The molecule has 90 valence electrons. The van der Waals surface area contributed by atoms with Crippen molar-refractivity contribution in [2.75, 3.05) is 6.54 Å². The number of amides is 1. The summed E-state index contributed by atoms with van der Waals surface area (Å²) >= 11 is 0. The van der Waals surface area contributed by atoms with E-state index in [9.17, 15) is 4.79 Å². The molecule has 0 spiro atoms. The van der Waals surface area contributed by atoms with Crippen LogP contribution >= 0.6 is 0 Å². The van der Waals surface area contributed by atoms with Gasteiger partial charge in [0.15, 0.2) is 0 Å². The Kier molecular flexibility index (Phi) is 4.00. The fraction of sp³-hybridized carbons (Fsp3) is 0.700. The molecule has 6 heteroatoms. The number of hydrogen-bond acceptors (Lipinski definition) is 4. The molecule has 0 saturated carbocycles. The van der Waals surface area contributed by atoms with Gasteiger partial charge in [0, 0.05) is 0 Å². The summed E-state index contributed by atoms with van der Waals surface area (Å²) in [6, 6.07) is -0.173. The molecular weight excluding hydrogens is 206 g/mol. The lowest BCUT2D eigenvalue weighted by molar-refractivity contribution is -0.127. The van der Waals surface area contributed by atoms with Crippen molar-refractivity contribution in [3.63, 3.8) is 0 Å². The molecule has 1 heterocycles. The third kappa shape index (κ3) is 3.03. The van der Waals surface area contributed by atoms with Gasteiger partial charge in [-0.25, -0.2) is 4.98 Å². The Morgan fingerprint density at radius 2 is 2.31 bits per heavy atom. The molecule has 0 radical (unpaired) electrons. The Labute approximate surface area is 95.2 Å². The molecule has 0 aliphatic rings. The van der Waals surface area contributed by atoms with Crippen LogP contribution in [0.3, 0.4) is 0 Å². The quantitative estimate of drug-likeness (QED) is 0.676. The Hall–Kier alpha value is -1.43. The number of aromatic amines is 1. The van der Waals surface area contributed by atoms with Crippen molar-refractivity contribution in [1.29, 1.82) is 0 Å². The van der Waals surface area contributed by atoms with Gasteiger partial charge in [0.2, 0.25) is 5.91 Å². The topological polar surface area (TPSA) is 82.7 Å². The Morgan fingerprint density at radius 3 is 2.81 bits per heavy atom. The molecule has 1 atom stereocenters. The van der Waals surface area contributed by atoms with E-state index in [2.05, 4.69) is 25.8 Å². The highest BCUT2D eigenvalue weighted by Gasteiger charge is 2.27. The van der Waals surface area contributed by atoms with Crippen LogP contribution < -0.4 is 10.6 Å². The van der Waals surface area contributed by atoms with Crippen LogP contribution in [0, 0.1) is 0 Å². The van der Waals surface area contributed by atoms with E-state index in [1.54, 1.807) is 0 Å². The third-order valence-electron chi connectivity index (χ3n) is 2.38. The highest BCUT2D eigenvalue weighted by atomic mass is 16.2. The van der Waals surface area contributed by atoms with Crippen molar-refractivity contribution >= 4 is 5.91 Å². The zero-order chi connectivity index (χ0) is 12.2. The lowest BCUT2D eigenvalue weighted by atomic mass is 10.0. The number of carbonyl (C=O) groups excluding carboxylic acids is 1. The predicted molar refractivity (Wildman–Crippen MR) is 60.7 cm³/mol. The molecule has 0 aliphatic carbocycles. The van der Waals surface area contributed by atoms with E-state index in [0.717, 1.165) is 6.54 Å². The third-order valence-corrected chi connectivity index (χ3v) is 2.38. The number of carbonyl (C=O) groups is 1. The zero-order valence-electron chi connectivity index (χ0n) is 10.2. The van der Waals surface area contributed by atoms with Gasteiger partial charge in [-0.15, -0.1) is 0 Å². The highest BCUT2D eigenvalue weighted by Crippen LogP contribution is 2.08. The molecular formula is C10H19N5O. The SMILES string of the molecule is CCNC(C)(C)C(=O)NC(C)c1ncn[nH]1. The number of H-pyrrole nitrogens is 1. The Morgan fingerprint density at radius 1 is 1.62 bits per heavy atom. The minimum atomic E-state index is -0.580. The van der Waals surface area contributed by atoms with E-state index < -0.39 is 5.54 Å². The first-order valence-corrected chi connectivity index (χ1v) is 5.38. The molecule has 1 aromatic heterocycles. The molecule has 0 fully saturated rings. The number of hydrogen-bond donors (Lipinski definition) is 3. The largest absolute Gasteiger partial charge is 0.345 e. The standard InChI is InChI=1S/C10H19N5O/c1-5-12-10(3,4)9(16)14-7(2)8-11-6-13-15-8/h6-7,12H,5H2,1-4H3,(H,14,16)(H,11,13,15). The van der Waals surface area contributed by atoms with E-state index in [1.165, 1.54) is 6.33 Å². The van der Waals surface area contributed by atoms with Gasteiger partial charge in [-0.05, 0) is 27.3 Å². The summed E-state index contributed by atoms with van der Waals surface area (Å²) in [5.74, 6) is 0.596. The van der Waals surface area contributed by atoms with Gasteiger partial charge >= 0.3 is 0 Å². The molecule has 1 aromatic rings. The molecule has 1 unspecified atom stereocenters. The summed E-state index contributed by atoms with van der Waals surface area (Å²) in [5.41, 5.74) is -0.580. The van der Waals surface area contributed by atoms with Crippen LogP contribution in [-0.4, -0.2) is 33.2 Å². The number of nitrogens with one attached hydrogen (secondary N) is 3. The lowest BCUT2D eigenvalue weighted by Gasteiger charge is -2.26. The average molecular weight is 225 g/mol. The predicted octanol–water partition coefficient (Wildman–Crippen LogP) is 0.370. The minimum absolute atomic E-state index is 0.0572. The molecule has 0 saturated heterocycles. The number of rotatable bonds is 5. The number of likely N-dealkylation sites (N-methyl/N-ethyl adjacent to an activating group) is 1. The summed E-state index contributed by atoms with van der Waals surface area (Å²) in [6.45, 7) is 8.27. The zero-order valence-corrected chi connectivity index (χ0v) is 10.2. The lowest BCUT2D eigenvalue weighted by Crippen LogP contribution is -2.53. The van der Waals surface area contributed by atoms with Gasteiger partial charge in [0.25, 0.3) is 0 Å². The Bertz CT molecular complexity index is 333. The molecule has 1 rings (SSSR count). The van der Waals surface area contributed by atoms with Crippen LogP contribution in [0.15, 0.2) is 6.33 Å². The van der Waals surface area contributed by atoms with Crippen LogP contribution in [0.1, 0.15) is 39.6 Å². The first-order chi connectivity index (χ1) is 7.47. The molecule has 16 heavy (non-hydrogen) atoms. The van der Waals surface area contributed by atoms with Crippen molar-refractivity contribution in [2.24, 2.45) is 0 Å². The van der Waals surface area contributed by atoms with E-state index in [-0.39, 0.29) is 11.9 Å². The fourth-order valence-electron chi connectivity index (χ4n) is 1.39. The van der Waals surface area contributed by atoms with Gasteiger partial charge in [-0.3, -0.25) is 9.89 Å². The van der Waals surface area contributed by atoms with Crippen molar-refractivity contribution in [3.05, 3.63) is 12.2 Å². The average Bonchev–Trinajstić information content (AvgIpc) is 2.70. The molecule has 1 amide bonds. The van der Waals surface area contributed by atoms with Gasteiger partial charge in [0.1, 0.15) is 12.2 Å². The van der Waals surface area contributed by atoms with Crippen LogP contribution in [0.5, 0.6) is 0 Å². The number of nitrogens with zero attached hydrogens (tertiary/aromatic N) is 2. The van der Waals surface area contributed by atoms with E-state index in [1.807, 2.05) is 27.7 Å². The second-order valence-corrected chi connectivity index (χ2v) is 4.22. The van der Waals surface area contributed by atoms with Crippen LogP contribution in [0.2, 0.25) is 0 Å². The Balaban J connectivity index is 2.57. The molecule has 0 aromatic carbocycles.